The minimum absolute atomic E-state index is 0.916. The maximum Gasteiger partial charge on any atom is -0.00204 e. The second kappa shape index (κ2) is 5.34. The van der Waals surface area contributed by atoms with Gasteiger partial charge >= 0.3 is 0 Å². The van der Waals surface area contributed by atoms with E-state index in [-0.39, 0.29) is 0 Å². The van der Waals surface area contributed by atoms with Gasteiger partial charge in [-0.1, -0.05) is 39.5 Å². The fraction of sp³-hybridized carbons (Fsp3) is 1.00. The third kappa shape index (κ3) is 2.75. The van der Waals surface area contributed by atoms with Gasteiger partial charge < -0.3 is 5.32 Å². The Morgan fingerprint density at radius 1 is 1.20 bits per heavy atom. The van der Waals surface area contributed by atoms with Crippen LogP contribution in [0.3, 0.4) is 0 Å². The fourth-order valence-corrected chi connectivity index (χ4v) is 3.83. The van der Waals surface area contributed by atoms with Crippen molar-refractivity contribution in [2.24, 2.45) is 23.7 Å². The van der Waals surface area contributed by atoms with E-state index < -0.39 is 0 Å². The number of hydrogen-bond acceptors (Lipinski definition) is 1. The van der Waals surface area contributed by atoms with Crippen LogP contribution in [0.15, 0.2) is 0 Å². The number of hydrogen-bond donors (Lipinski definition) is 1. The molecule has 1 heterocycles. The first-order chi connectivity index (χ1) is 7.31. The van der Waals surface area contributed by atoms with Crippen molar-refractivity contribution in [1.82, 2.24) is 5.32 Å². The topological polar surface area (TPSA) is 12.0 Å². The van der Waals surface area contributed by atoms with Gasteiger partial charge in [-0.05, 0) is 49.6 Å². The van der Waals surface area contributed by atoms with Crippen LogP contribution in [0.4, 0.5) is 0 Å². The Morgan fingerprint density at radius 3 is 2.80 bits per heavy atom. The van der Waals surface area contributed by atoms with E-state index in [0.717, 1.165) is 23.7 Å². The van der Waals surface area contributed by atoms with E-state index in [1.54, 1.807) is 0 Å². The molecular weight excluding hydrogens is 182 g/mol. The molecule has 1 saturated heterocycles. The third-order valence-electron chi connectivity index (χ3n) is 4.86. The van der Waals surface area contributed by atoms with E-state index in [4.69, 9.17) is 0 Å². The summed E-state index contributed by atoms with van der Waals surface area (Å²) in [6.45, 7) is 7.35. The van der Waals surface area contributed by atoms with Gasteiger partial charge in [0.05, 0.1) is 0 Å². The molecular formula is C14H27N. The molecule has 0 aromatic rings. The molecule has 2 rings (SSSR count). The zero-order valence-corrected chi connectivity index (χ0v) is 10.5. The molecule has 1 aliphatic heterocycles. The first-order valence-electron chi connectivity index (χ1n) is 7.02. The van der Waals surface area contributed by atoms with Crippen LogP contribution < -0.4 is 5.32 Å². The van der Waals surface area contributed by atoms with Crippen LogP contribution in [0.2, 0.25) is 0 Å². The van der Waals surface area contributed by atoms with Crippen LogP contribution in [0.1, 0.15) is 52.4 Å². The molecule has 1 heteroatoms. The average molecular weight is 209 g/mol. The summed E-state index contributed by atoms with van der Waals surface area (Å²) in [6, 6.07) is 0. The molecule has 1 nitrogen and oxygen atoms in total. The number of piperidine rings is 1. The van der Waals surface area contributed by atoms with E-state index in [2.05, 4.69) is 19.2 Å². The molecule has 88 valence electrons. The van der Waals surface area contributed by atoms with E-state index >= 15 is 0 Å². The molecule has 4 unspecified atom stereocenters. The molecule has 1 saturated carbocycles. The molecule has 0 bridgehead atoms. The first-order valence-corrected chi connectivity index (χ1v) is 7.02. The van der Waals surface area contributed by atoms with Gasteiger partial charge in [-0.2, -0.15) is 0 Å². The van der Waals surface area contributed by atoms with Gasteiger partial charge in [-0.3, -0.25) is 0 Å². The highest BCUT2D eigenvalue weighted by atomic mass is 14.9. The van der Waals surface area contributed by atoms with Crippen LogP contribution in [0.5, 0.6) is 0 Å². The van der Waals surface area contributed by atoms with E-state index in [1.807, 2.05) is 0 Å². The lowest BCUT2D eigenvalue weighted by Crippen LogP contribution is -2.39. The fourth-order valence-electron chi connectivity index (χ4n) is 3.83. The summed E-state index contributed by atoms with van der Waals surface area (Å²) < 4.78 is 0. The maximum absolute atomic E-state index is 3.53. The highest BCUT2D eigenvalue weighted by Gasteiger charge is 2.32. The summed E-state index contributed by atoms with van der Waals surface area (Å²) in [7, 11) is 0. The summed E-state index contributed by atoms with van der Waals surface area (Å²) in [5, 5.41) is 3.53. The SMILES string of the molecule is CCC1CCCC(C2CCNCC2C)C1. The van der Waals surface area contributed by atoms with E-state index in [1.165, 1.54) is 51.6 Å². The summed E-state index contributed by atoms with van der Waals surface area (Å²) in [5.41, 5.74) is 0. The van der Waals surface area contributed by atoms with Gasteiger partial charge in [0.25, 0.3) is 0 Å². The molecule has 4 atom stereocenters. The van der Waals surface area contributed by atoms with Crippen molar-refractivity contribution < 1.29 is 0 Å². The van der Waals surface area contributed by atoms with Gasteiger partial charge in [0, 0.05) is 0 Å². The molecule has 0 spiro atoms. The largest absolute Gasteiger partial charge is 0.316 e. The van der Waals surface area contributed by atoms with Crippen LogP contribution in [-0.2, 0) is 0 Å². The van der Waals surface area contributed by atoms with Crippen LogP contribution in [0.25, 0.3) is 0 Å². The zero-order valence-electron chi connectivity index (χ0n) is 10.5. The average Bonchev–Trinajstić information content (AvgIpc) is 2.30. The lowest BCUT2D eigenvalue weighted by molar-refractivity contribution is 0.122. The lowest BCUT2D eigenvalue weighted by atomic mass is 9.68. The van der Waals surface area contributed by atoms with Crippen molar-refractivity contribution in [1.29, 1.82) is 0 Å². The van der Waals surface area contributed by atoms with E-state index in [0.29, 0.717) is 0 Å². The van der Waals surface area contributed by atoms with Crippen molar-refractivity contribution in [3.8, 4) is 0 Å². The second-order valence-corrected chi connectivity index (χ2v) is 5.83. The van der Waals surface area contributed by atoms with Crippen LogP contribution >= 0.6 is 0 Å². The molecule has 15 heavy (non-hydrogen) atoms. The summed E-state index contributed by atoms with van der Waals surface area (Å²) in [5.74, 6) is 4.05. The Bertz CT molecular complexity index is 190. The maximum atomic E-state index is 3.53. The molecule has 0 radical (unpaired) electrons. The van der Waals surface area contributed by atoms with Gasteiger partial charge in [0.15, 0.2) is 0 Å². The van der Waals surface area contributed by atoms with Crippen molar-refractivity contribution in [3.05, 3.63) is 0 Å². The summed E-state index contributed by atoms with van der Waals surface area (Å²) >= 11 is 0. The van der Waals surface area contributed by atoms with Crippen LogP contribution in [0, 0.1) is 23.7 Å². The van der Waals surface area contributed by atoms with Crippen molar-refractivity contribution in [2.45, 2.75) is 52.4 Å². The van der Waals surface area contributed by atoms with Gasteiger partial charge in [0.1, 0.15) is 0 Å². The molecule has 0 aromatic heterocycles. The van der Waals surface area contributed by atoms with Crippen molar-refractivity contribution >= 4 is 0 Å². The monoisotopic (exact) mass is 209 g/mol. The third-order valence-corrected chi connectivity index (χ3v) is 4.86. The zero-order chi connectivity index (χ0) is 10.7. The number of nitrogens with one attached hydrogen (secondary N) is 1. The van der Waals surface area contributed by atoms with Gasteiger partial charge in [0.2, 0.25) is 0 Å². The van der Waals surface area contributed by atoms with Gasteiger partial charge in [-0.25, -0.2) is 0 Å². The van der Waals surface area contributed by atoms with Crippen LogP contribution in [-0.4, -0.2) is 13.1 Å². The predicted molar refractivity (Wildman–Crippen MR) is 65.9 cm³/mol. The Morgan fingerprint density at radius 2 is 2.07 bits per heavy atom. The van der Waals surface area contributed by atoms with Gasteiger partial charge in [-0.15, -0.1) is 0 Å². The minimum Gasteiger partial charge on any atom is -0.316 e. The lowest BCUT2D eigenvalue weighted by Gasteiger charge is -2.40. The van der Waals surface area contributed by atoms with Crippen molar-refractivity contribution in [3.63, 3.8) is 0 Å². The summed E-state index contributed by atoms with van der Waals surface area (Å²) in [4.78, 5) is 0. The number of rotatable bonds is 2. The predicted octanol–water partition coefficient (Wildman–Crippen LogP) is 3.45. The van der Waals surface area contributed by atoms with Crippen molar-refractivity contribution in [2.75, 3.05) is 13.1 Å². The smallest absolute Gasteiger partial charge is 0.00204 e. The molecule has 1 N–H and O–H groups in total. The second-order valence-electron chi connectivity index (χ2n) is 5.83. The molecule has 0 aromatic carbocycles. The standard InChI is InChI=1S/C14H27N/c1-3-12-5-4-6-13(9-12)14-7-8-15-10-11(14)2/h11-15H,3-10H2,1-2H3. The Balaban J connectivity index is 1.90. The Kier molecular flexibility index (Phi) is 4.07. The quantitative estimate of drug-likeness (QED) is 0.734. The molecule has 0 amide bonds. The minimum atomic E-state index is 0.916. The summed E-state index contributed by atoms with van der Waals surface area (Å²) in [6.07, 6.45) is 8.90. The normalized spacial score (nSPS) is 42.8. The Labute approximate surface area is 95.0 Å². The molecule has 1 aliphatic carbocycles. The molecule has 2 aliphatic rings. The van der Waals surface area contributed by atoms with E-state index in [9.17, 15) is 0 Å². The molecule has 2 fully saturated rings. The highest BCUT2D eigenvalue weighted by Crippen LogP contribution is 2.40. The highest BCUT2D eigenvalue weighted by molar-refractivity contribution is 4.84. The Hall–Kier alpha value is -0.0400. The first kappa shape index (κ1) is 11.4.